The van der Waals surface area contributed by atoms with Crippen LogP contribution in [0.1, 0.15) is 46.0 Å². The van der Waals surface area contributed by atoms with E-state index in [1.165, 1.54) is 25.2 Å². The van der Waals surface area contributed by atoms with Crippen LogP contribution in [-0.4, -0.2) is 31.0 Å². The third kappa shape index (κ3) is 4.38. The minimum absolute atomic E-state index is 0.00550. The Bertz CT molecular complexity index is 545. The molecule has 0 spiro atoms. The maximum atomic E-state index is 12.4. The lowest BCUT2D eigenvalue weighted by atomic mass is 9.98. The van der Waals surface area contributed by atoms with E-state index < -0.39 is 10.0 Å². The van der Waals surface area contributed by atoms with Gasteiger partial charge in [0.25, 0.3) is 0 Å². The Balaban J connectivity index is 2.09. The lowest BCUT2D eigenvalue weighted by molar-refractivity contribution is 0.399. The Kier molecular flexibility index (Phi) is 5.52. The van der Waals surface area contributed by atoms with E-state index in [4.69, 9.17) is 0 Å². The fourth-order valence-corrected chi connectivity index (χ4v) is 3.91. The number of hydrogen-bond acceptors (Lipinski definition) is 5. The fraction of sp³-hybridized carbons (Fsp3) is 0.714. The molecule has 0 bridgehead atoms. The molecular formula is C14H24N4O2S. The highest BCUT2D eigenvalue weighted by Gasteiger charge is 2.26. The molecule has 1 heterocycles. The van der Waals surface area contributed by atoms with Gasteiger partial charge < -0.3 is 5.32 Å². The molecule has 21 heavy (non-hydrogen) atoms. The minimum Gasteiger partial charge on any atom is -0.355 e. The van der Waals surface area contributed by atoms with Gasteiger partial charge in [-0.15, -0.1) is 0 Å². The molecule has 0 amide bonds. The summed E-state index contributed by atoms with van der Waals surface area (Å²) in [6, 6.07) is 0.00550. The number of nitrogens with zero attached hydrogens (tertiary/aromatic N) is 2. The molecule has 0 radical (unpaired) electrons. The van der Waals surface area contributed by atoms with Gasteiger partial charge in [-0.1, -0.05) is 26.2 Å². The van der Waals surface area contributed by atoms with Crippen LogP contribution in [0.3, 0.4) is 0 Å². The van der Waals surface area contributed by atoms with E-state index in [0.717, 1.165) is 19.3 Å². The summed E-state index contributed by atoms with van der Waals surface area (Å²) in [7, 11) is -3.54. The molecule has 2 unspecified atom stereocenters. The summed E-state index contributed by atoms with van der Waals surface area (Å²) < 4.78 is 27.7. The van der Waals surface area contributed by atoms with Crippen molar-refractivity contribution in [2.75, 3.05) is 11.9 Å². The topological polar surface area (TPSA) is 84.0 Å². The second-order valence-corrected chi connectivity index (χ2v) is 7.33. The Morgan fingerprint density at radius 1 is 1.19 bits per heavy atom. The summed E-state index contributed by atoms with van der Waals surface area (Å²) in [4.78, 5) is 8.17. The SMILES string of the molecule is CCNc1ncc(S(=O)(=O)NC2CCCCCC2C)cn1. The molecule has 1 saturated carbocycles. The Hall–Kier alpha value is -1.21. The third-order valence-corrected chi connectivity index (χ3v) is 5.39. The van der Waals surface area contributed by atoms with Crippen LogP contribution in [0.5, 0.6) is 0 Å². The molecule has 0 aromatic carbocycles. The van der Waals surface area contributed by atoms with Gasteiger partial charge >= 0.3 is 0 Å². The summed E-state index contributed by atoms with van der Waals surface area (Å²) in [5.41, 5.74) is 0. The van der Waals surface area contributed by atoms with Crippen LogP contribution >= 0.6 is 0 Å². The number of aromatic nitrogens is 2. The normalized spacial score (nSPS) is 23.5. The van der Waals surface area contributed by atoms with Crippen molar-refractivity contribution >= 4 is 16.0 Å². The lowest BCUT2D eigenvalue weighted by Gasteiger charge is -2.22. The zero-order valence-corrected chi connectivity index (χ0v) is 13.5. The highest BCUT2D eigenvalue weighted by molar-refractivity contribution is 7.89. The summed E-state index contributed by atoms with van der Waals surface area (Å²) in [5, 5.41) is 2.95. The number of hydrogen-bond donors (Lipinski definition) is 2. The molecule has 2 atom stereocenters. The third-order valence-electron chi connectivity index (χ3n) is 3.94. The van der Waals surface area contributed by atoms with E-state index in [1.54, 1.807) is 0 Å². The summed E-state index contributed by atoms with van der Waals surface area (Å²) in [6.45, 7) is 4.75. The molecule has 0 aliphatic heterocycles. The first-order valence-corrected chi connectivity index (χ1v) is 9.09. The van der Waals surface area contributed by atoms with Gasteiger partial charge in [-0.3, -0.25) is 0 Å². The number of anilines is 1. The van der Waals surface area contributed by atoms with Gasteiger partial charge in [-0.25, -0.2) is 23.1 Å². The van der Waals surface area contributed by atoms with Gasteiger partial charge in [0.2, 0.25) is 16.0 Å². The molecule has 1 aliphatic rings. The van der Waals surface area contributed by atoms with Crippen molar-refractivity contribution in [2.24, 2.45) is 5.92 Å². The molecule has 1 aliphatic carbocycles. The first-order chi connectivity index (χ1) is 10.0. The average Bonchev–Trinajstić information content (AvgIpc) is 2.65. The van der Waals surface area contributed by atoms with Gasteiger partial charge in [-0.2, -0.15) is 0 Å². The molecule has 6 nitrogen and oxygen atoms in total. The van der Waals surface area contributed by atoms with E-state index in [1.807, 2.05) is 6.92 Å². The van der Waals surface area contributed by atoms with E-state index in [0.29, 0.717) is 18.4 Å². The van der Waals surface area contributed by atoms with E-state index >= 15 is 0 Å². The number of sulfonamides is 1. The largest absolute Gasteiger partial charge is 0.355 e. The van der Waals surface area contributed by atoms with Gasteiger partial charge in [0, 0.05) is 12.6 Å². The second kappa shape index (κ2) is 7.17. The Morgan fingerprint density at radius 3 is 2.52 bits per heavy atom. The predicted octanol–water partition coefficient (Wildman–Crippen LogP) is 2.16. The van der Waals surface area contributed by atoms with Gasteiger partial charge in [0.05, 0.1) is 12.4 Å². The molecule has 7 heteroatoms. The van der Waals surface area contributed by atoms with Crippen LogP contribution in [0.15, 0.2) is 17.3 Å². The first kappa shape index (κ1) is 16.2. The van der Waals surface area contributed by atoms with Crippen molar-refractivity contribution in [1.29, 1.82) is 0 Å². The van der Waals surface area contributed by atoms with Crippen LogP contribution in [-0.2, 0) is 10.0 Å². The van der Waals surface area contributed by atoms with Crippen LogP contribution < -0.4 is 10.0 Å². The van der Waals surface area contributed by atoms with Crippen molar-refractivity contribution in [3.63, 3.8) is 0 Å². The first-order valence-electron chi connectivity index (χ1n) is 7.61. The smallest absolute Gasteiger partial charge is 0.243 e. The molecule has 118 valence electrons. The van der Waals surface area contributed by atoms with Crippen molar-refractivity contribution in [1.82, 2.24) is 14.7 Å². The van der Waals surface area contributed by atoms with Crippen molar-refractivity contribution in [3.8, 4) is 0 Å². The van der Waals surface area contributed by atoms with E-state index in [-0.39, 0.29) is 10.9 Å². The maximum absolute atomic E-state index is 12.4. The van der Waals surface area contributed by atoms with Crippen LogP contribution in [0.4, 0.5) is 5.95 Å². The molecule has 1 fully saturated rings. The molecular weight excluding hydrogens is 288 g/mol. The van der Waals surface area contributed by atoms with Gasteiger partial charge in [0.1, 0.15) is 4.90 Å². The maximum Gasteiger partial charge on any atom is 0.243 e. The molecule has 1 aromatic rings. The standard InChI is InChI=1S/C14H24N4O2S/c1-3-15-14-16-9-12(10-17-14)21(19,20)18-13-8-6-4-5-7-11(13)2/h9-11,13,18H,3-8H2,1-2H3,(H,15,16,17). The van der Waals surface area contributed by atoms with E-state index in [9.17, 15) is 8.42 Å². The zero-order valence-electron chi connectivity index (χ0n) is 12.7. The molecule has 2 N–H and O–H groups in total. The predicted molar refractivity (Wildman–Crippen MR) is 82.6 cm³/mol. The Labute approximate surface area is 126 Å². The summed E-state index contributed by atoms with van der Waals surface area (Å²) in [5.74, 6) is 0.809. The van der Waals surface area contributed by atoms with Crippen molar-refractivity contribution in [2.45, 2.75) is 56.9 Å². The second-order valence-electron chi connectivity index (χ2n) is 5.62. The van der Waals surface area contributed by atoms with Crippen LogP contribution in [0, 0.1) is 5.92 Å². The van der Waals surface area contributed by atoms with Crippen LogP contribution in [0.25, 0.3) is 0 Å². The quantitative estimate of drug-likeness (QED) is 0.814. The number of nitrogens with one attached hydrogen (secondary N) is 2. The highest BCUT2D eigenvalue weighted by Crippen LogP contribution is 2.24. The summed E-state index contributed by atoms with van der Waals surface area (Å²) >= 11 is 0. The van der Waals surface area contributed by atoms with Crippen LogP contribution in [0.2, 0.25) is 0 Å². The summed E-state index contributed by atoms with van der Waals surface area (Å²) in [6.07, 6.45) is 8.12. The molecule has 1 aromatic heterocycles. The fourth-order valence-electron chi connectivity index (χ4n) is 2.64. The van der Waals surface area contributed by atoms with Crippen molar-refractivity contribution < 1.29 is 8.42 Å². The minimum atomic E-state index is -3.54. The lowest BCUT2D eigenvalue weighted by Crippen LogP contribution is -2.38. The number of rotatable bonds is 5. The molecule has 0 saturated heterocycles. The zero-order chi connectivity index (χ0) is 15.3. The van der Waals surface area contributed by atoms with Crippen molar-refractivity contribution in [3.05, 3.63) is 12.4 Å². The Morgan fingerprint density at radius 2 is 1.86 bits per heavy atom. The monoisotopic (exact) mass is 312 g/mol. The highest BCUT2D eigenvalue weighted by atomic mass is 32.2. The van der Waals surface area contributed by atoms with E-state index in [2.05, 4.69) is 26.9 Å². The van der Waals surface area contributed by atoms with Gasteiger partial charge in [-0.05, 0) is 25.7 Å². The van der Waals surface area contributed by atoms with Gasteiger partial charge in [0.15, 0.2) is 0 Å². The molecule has 2 rings (SSSR count). The average molecular weight is 312 g/mol.